The molecule has 23 heavy (non-hydrogen) atoms. The Labute approximate surface area is 136 Å². The average Bonchev–Trinajstić information content (AvgIpc) is 3.18. The summed E-state index contributed by atoms with van der Waals surface area (Å²) in [5, 5.41) is 7.11. The summed E-state index contributed by atoms with van der Waals surface area (Å²) in [4.78, 5) is 10.9. The Kier molecular flexibility index (Phi) is 4.60. The molecule has 1 atom stereocenters. The normalized spacial score (nSPS) is 18.5. The van der Waals surface area contributed by atoms with E-state index in [0.29, 0.717) is 24.2 Å². The van der Waals surface area contributed by atoms with Gasteiger partial charge < -0.3 is 14.7 Å². The van der Waals surface area contributed by atoms with Crippen LogP contribution in [-0.4, -0.2) is 41.1 Å². The van der Waals surface area contributed by atoms with Crippen molar-refractivity contribution >= 4 is 5.96 Å². The minimum Gasteiger partial charge on any atom is -0.347 e. The number of guanidine groups is 1. The second-order valence-electron chi connectivity index (χ2n) is 5.92. The van der Waals surface area contributed by atoms with Crippen molar-refractivity contribution in [3.63, 3.8) is 0 Å². The predicted octanol–water partition coefficient (Wildman–Crippen LogP) is 2.25. The Morgan fingerprint density at radius 2 is 2.22 bits per heavy atom. The molecule has 0 bridgehead atoms. The molecule has 0 radical (unpaired) electrons. The van der Waals surface area contributed by atoms with Crippen molar-refractivity contribution in [2.45, 2.75) is 32.7 Å². The molecular weight excluding hydrogens is 290 g/mol. The molecule has 1 saturated heterocycles. The molecule has 2 aromatic rings. The van der Waals surface area contributed by atoms with Gasteiger partial charge in [0.05, 0.1) is 6.54 Å². The van der Waals surface area contributed by atoms with Gasteiger partial charge >= 0.3 is 0 Å². The zero-order valence-electron chi connectivity index (χ0n) is 13.9. The van der Waals surface area contributed by atoms with E-state index in [0.717, 1.165) is 25.5 Å². The lowest BCUT2D eigenvalue weighted by atomic mass is 9.94. The first kappa shape index (κ1) is 15.5. The smallest absolute Gasteiger partial charge is 0.246 e. The van der Waals surface area contributed by atoms with Gasteiger partial charge in [-0.15, -0.1) is 0 Å². The molecule has 1 unspecified atom stereocenters. The van der Waals surface area contributed by atoms with Crippen molar-refractivity contribution in [2.24, 2.45) is 4.99 Å². The molecule has 2 heterocycles. The summed E-state index contributed by atoms with van der Waals surface area (Å²) in [7, 11) is 1.81. The Bertz CT molecular complexity index is 694. The van der Waals surface area contributed by atoms with E-state index in [-0.39, 0.29) is 0 Å². The van der Waals surface area contributed by atoms with E-state index in [1.807, 2.05) is 14.0 Å². The van der Waals surface area contributed by atoms with Crippen molar-refractivity contribution in [1.29, 1.82) is 0 Å². The van der Waals surface area contributed by atoms with E-state index in [9.17, 15) is 0 Å². The Balaban J connectivity index is 1.61. The van der Waals surface area contributed by atoms with Crippen LogP contribution in [-0.2, 0) is 6.54 Å². The zero-order valence-corrected chi connectivity index (χ0v) is 13.9. The van der Waals surface area contributed by atoms with Crippen molar-refractivity contribution in [3.8, 4) is 0 Å². The van der Waals surface area contributed by atoms with Gasteiger partial charge in [-0.05, 0) is 31.4 Å². The van der Waals surface area contributed by atoms with Gasteiger partial charge in [0.25, 0.3) is 0 Å². The highest BCUT2D eigenvalue weighted by Crippen LogP contribution is 2.29. The van der Waals surface area contributed by atoms with Gasteiger partial charge in [0.2, 0.25) is 5.89 Å². The molecule has 0 aliphatic carbocycles. The predicted molar refractivity (Wildman–Crippen MR) is 89.3 cm³/mol. The first-order chi connectivity index (χ1) is 11.2. The first-order valence-electron chi connectivity index (χ1n) is 7.97. The van der Waals surface area contributed by atoms with Crippen LogP contribution >= 0.6 is 0 Å². The summed E-state index contributed by atoms with van der Waals surface area (Å²) < 4.78 is 5.13. The maximum absolute atomic E-state index is 5.13. The number of hydrogen-bond donors (Lipinski definition) is 1. The van der Waals surface area contributed by atoms with Crippen LogP contribution in [0.15, 0.2) is 33.8 Å². The highest BCUT2D eigenvalue weighted by molar-refractivity contribution is 5.80. The average molecular weight is 313 g/mol. The highest BCUT2D eigenvalue weighted by atomic mass is 16.5. The van der Waals surface area contributed by atoms with Crippen LogP contribution in [0.1, 0.15) is 35.2 Å². The Morgan fingerprint density at radius 1 is 1.39 bits per heavy atom. The zero-order chi connectivity index (χ0) is 16.2. The Morgan fingerprint density at radius 3 is 2.91 bits per heavy atom. The van der Waals surface area contributed by atoms with E-state index in [1.165, 1.54) is 11.1 Å². The van der Waals surface area contributed by atoms with Crippen molar-refractivity contribution in [2.75, 3.05) is 20.1 Å². The maximum Gasteiger partial charge on any atom is 0.246 e. The molecule has 0 saturated carbocycles. The summed E-state index contributed by atoms with van der Waals surface area (Å²) in [6.45, 7) is 6.48. The second-order valence-corrected chi connectivity index (χ2v) is 5.92. The molecule has 122 valence electrons. The summed E-state index contributed by atoms with van der Waals surface area (Å²) >= 11 is 0. The number of nitrogens with zero attached hydrogens (tertiary/aromatic N) is 4. The number of rotatable bonds is 3. The minimum absolute atomic E-state index is 0.499. The number of aryl methyl sites for hydroxylation is 2. The van der Waals surface area contributed by atoms with Crippen molar-refractivity contribution in [1.82, 2.24) is 20.4 Å². The molecule has 3 rings (SSSR count). The summed E-state index contributed by atoms with van der Waals surface area (Å²) in [6, 6.07) is 8.64. The van der Waals surface area contributed by atoms with Gasteiger partial charge in [-0.2, -0.15) is 4.98 Å². The minimum atomic E-state index is 0.499. The van der Waals surface area contributed by atoms with Crippen LogP contribution in [0.4, 0.5) is 0 Å². The molecular formula is C17H23N5O. The monoisotopic (exact) mass is 313 g/mol. The first-order valence-corrected chi connectivity index (χ1v) is 7.97. The van der Waals surface area contributed by atoms with E-state index >= 15 is 0 Å². The van der Waals surface area contributed by atoms with Crippen LogP contribution in [0.25, 0.3) is 0 Å². The number of benzene rings is 1. The number of likely N-dealkylation sites (tertiary alicyclic amines) is 1. The van der Waals surface area contributed by atoms with Crippen LogP contribution < -0.4 is 5.32 Å². The van der Waals surface area contributed by atoms with Crippen molar-refractivity contribution < 1.29 is 4.52 Å². The van der Waals surface area contributed by atoms with E-state index in [1.54, 1.807) is 0 Å². The molecule has 6 nitrogen and oxygen atoms in total. The molecule has 0 spiro atoms. The van der Waals surface area contributed by atoms with Crippen LogP contribution in [0.5, 0.6) is 0 Å². The summed E-state index contributed by atoms with van der Waals surface area (Å²) in [5.41, 5.74) is 2.81. The van der Waals surface area contributed by atoms with E-state index in [4.69, 9.17) is 4.52 Å². The Hall–Kier alpha value is -2.37. The van der Waals surface area contributed by atoms with Gasteiger partial charge in [0.15, 0.2) is 11.8 Å². The summed E-state index contributed by atoms with van der Waals surface area (Å²) in [6.07, 6.45) is 1.14. The molecule has 6 heteroatoms. The van der Waals surface area contributed by atoms with Gasteiger partial charge in [0, 0.05) is 26.1 Å². The number of aliphatic imine (C=N–C) groups is 1. The van der Waals surface area contributed by atoms with E-state index in [2.05, 4.69) is 56.5 Å². The summed E-state index contributed by atoms with van der Waals surface area (Å²) in [5.74, 6) is 2.67. The lowest BCUT2D eigenvalue weighted by molar-refractivity contribution is 0.368. The van der Waals surface area contributed by atoms with Crippen LogP contribution in [0.2, 0.25) is 0 Å². The third kappa shape index (κ3) is 3.52. The van der Waals surface area contributed by atoms with Gasteiger partial charge in [0.1, 0.15) is 0 Å². The highest BCUT2D eigenvalue weighted by Gasteiger charge is 2.26. The molecule has 1 aromatic carbocycles. The number of hydrogen-bond acceptors (Lipinski definition) is 4. The SMILES string of the molecule is CN=C(NCc1nc(C)no1)N1CCC(c2ccccc2C)C1. The van der Waals surface area contributed by atoms with Gasteiger partial charge in [-0.25, -0.2) is 0 Å². The van der Waals surface area contributed by atoms with Gasteiger partial charge in [-0.1, -0.05) is 29.4 Å². The third-order valence-corrected chi connectivity index (χ3v) is 4.30. The quantitative estimate of drug-likeness (QED) is 0.695. The van der Waals surface area contributed by atoms with Crippen LogP contribution in [0, 0.1) is 13.8 Å². The fourth-order valence-electron chi connectivity index (χ4n) is 3.15. The third-order valence-electron chi connectivity index (χ3n) is 4.30. The number of nitrogens with one attached hydrogen (secondary N) is 1. The standard InChI is InChI=1S/C17H23N5O/c1-12-6-4-5-7-15(12)14-8-9-22(11-14)17(18-3)19-10-16-20-13(2)21-23-16/h4-7,14H,8-11H2,1-3H3,(H,18,19). The topological polar surface area (TPSA) is 66.5 Å². The molecule has 1 aliphatic rings. The number of aromatic nitrogens is 2. The molecule has 0 amide bonds. The maximum atomic E-state index is 5.13. The largest absolute Gasteiger partial charge is 0.347 e. The lowest BCUT2D eigenvalue weighted by Gasteiger charge is -2.21. The lowest BCUT2D eigenvalue weighted by Crippen LogP contribution is -2.39. The molecule has 1 aliphatic heterocycles. The van der Waals surface area contributed by atoms with E-state index < -0.39 is 0 Å². The fourth-order valence-corrected chi connectivity index (χ4v) is 3.15. The molecule has 1 fully saturated rings. The second kappa shape index (κ2) is 6.81. The van der Waals surface area contributed by atoms with Crippen LogP contribution in [0.3, 0.4) is 0 Å². The molecule has 1 N–H and O–H groups in total. The van der Waals surface area contributed by atoms with Crippen molar-refractivity contribution in [3.05, 3.63) is 47.1 Å². The molecule has 1 aromatic heterocycles. The van der Waals surface area contributed by atoms with Gasteiger partial charge in [-0.3, -0.25) is 4.99 Å². The fraction of sp³-hybridized carbons (Fsp3) is 0.471.